The maximum atomic E-state index is 5.37. The summed E-state index contributed by atoms with van der Waals surface area (Å²) in [4.78, 5) is 15.8. The highest BCUT2D eigenvalue weighted by Crippen LogP contribution is 2.53. The minimum Gasteiger partial charge on any atom is -0.277 e. The first-order chi connectivity index (χ1) is 26.5. The molecule has 4 nitrogen and oxygen atoms in total. The molecule has 10 aromatic rings. The summed E-state index contributed by atoms with van der Waals surface area (Å²) in [6, 6.07) is 60.7. The molecule has 11 rings (SSSR count). The summed E-state index contributed by atoms with van der Waals surface area (Å²) < 4.78 is 2.29. The van der Waals surface area contributed by atoms with Gasteiger partial charge in [0.05, 0.1) is 11.0 Å². The second kappa shape index (κ2) is 11.5. The number of benzene rings is 8. The van der Waals surface area contributed by atoms with Gasteiger partial charge in [-0.05, 0) is 67.6 Å². The maximum Gasteiger partial charge on any atom is 0.238 e. The second-order valence-electron chi connectivity index (χ2n) is 14.9. The Morgan fingerprint density at radius 3 is 1.81 bits per heavy atom. The topological polar surface area (TPSA) is 43.6 Å². The maximum absolute atomic E-state index is 5.37. The lowest BCUT2D eigenvalue weighted by Crippen LogP contribution is -2.16. The van der Waals surface area contributed by atoms with Crippen molar-refractivity contribution in [2.24, 2.45) is 0 Å². The number of hydrogen-bond acceptors (Lipinski definition) is 3. The molecule has 54 heavy (non-hydrogen) atoms. The van der Waals surface area contributed by atoms with Gasteiger partial charge in [0.25, 0.3) is 0 Å². The molecule has 0 spiro atoms. The number of hydrogen-bond donors (Lipinski definition) is 0. The third-order valence-electron chi connectivity index (χ3n) is 11.4. The highest BCUT2D eigenvalue weighted by Gasteiger charge is 2.37. The van der Waals surface area contributed by atoms with Crippen LogP contribution in [0.2, 0.25) is 0 Å². The molecule has 2 aromatic heterocycles. The fourth-order valence-electron chi connectivity index (χ4n) is 8.89. The van der Waals surface area contributed by atoms with Gasteiger partial charge in [-0.15, -0.1) is 0 Å². The molecule has 0 bridgehead atoms. The Balaban J connectivity index is 1.26. The van der Waals surface area contributed by atoms with Crippen molar-refractivity contribution in [3.8, 4) is 51.0 Å². The van der Waals surface area contributed by atoms with E-state index in [2.05, 4.69) is 170 Å². The van der Waals surface area contributed by atoms with E-state index < -0.39 is 0 Å². The Morgan fingerprint density at radius 1 is 0.426 bits per heavy atom. The molecule has 1 aliphatic rings. The molecule has 2 heterocycles. The lowest BCUT2D eigenvalue weighted by Gasteiger charge is -2.25. The Morgan fingerprint density at radius 2 is 1.02 bits per heavy atom. The van der Waals surface area contributed by atoms with Crippen LogP contribution >= 0.6 is 0 Å². The number of nitrogens with zero attached hydrogens (tertiary/aromatic N) is 4. The fourth-order valence-corrected chi connectivity index (χ4v) is 8.89. The van der Waals surface area contributed by atoms with Gasteiger partial charge in [-0.25, -0.2) is 4.98 Å². The van der Waals surface area contributed by atoms with Crippen LogP contribution in [0.1, 0.15) is 25.0 Å². The standard InChI is InChI=1S/C50H34N4/c1-50(2)43-25-11-10-20-37(43)38-21-12-22-39(45(38)50)40-23-13-24-41-42-29-34-18-8-9-19-35(34)30-44(42)54(46(40)41)49-52-47(32-15-4-3-5-16-32)51-48(53-49)36-27-26-31-14-6-7-17-33(31)28-36/h3-30H,1-2H3. The number of rotatable bonds is 4. The molecule has 0 amide bonds. The van der Waals surface area contributed by atoms with Gasteiger partial charge < -0.3 is 0 Å². The highest BCUT2D eigenvalue weighted by atomic mass is 15.2. The van der Waals surface area contributed by atoms with Crippen LogP contribution in [0.15, 0.2) is 170 Å². The van der Waals surface area contributed by atoms with E-state index in [1.165, 1.54) is 44.0 Å². The summed E-state index contributed by atoms with van der Waals surface area (Å²) in [5.41, 5.74) is 11.5. The van der Waals surface area contributed by atoms with Crippen LogP contribution in [0, 0.1) is 0 Å². The predicted octanol–water partition coefficient (Wildman–Crippen LogP) is 12.6. The average molecular weight is 691 g/mol. The summed E-state index contributed by atoms with van der Waals surface area (Å²) in [6.45, 7) is 4.72. The van der Waals surface area contributed by atoms with Gasteiger partial charge in [0.2, 0.25) is 5.95 Å². The molecule has 0 unspecified atom stereocenters. The van der Waals surface area contributed by atoms with Crippen LogP contribution in [0.25, 0.3) is 94.3 Å². The second-order valence-corrected chi connectivity index (χ2v) is 14.9. The molecule has 0 atom stereocenters. The fraction of sp³-hybridized carbons (Fsp3) is 0.0600. The lowest BCUT2D eigenvalue weighted by molar-refractivity contribution is 0.662. The smallest absolute Gasteiger partial charge is 0.238 e. The first-order valence-corrected chi connectivity index (χ1v) is 18.5. The SMILES string of the molecule is CC1(C)c2ccccc2-c2cccc(-c3cccc4c5cc6ccccc6cc5n(-c5nc(-c6ccccc6)nc(-c6ccc7ccccc7c6)n5)c34)c21. The van der Waals surface area contributed by atoms with Crippen LogP contribution in [0.4, 0.5) is 0 Å². The van der Waals surface area contributed by atoms with Crippen molar-refractivity contribution < 1.29 is 0 Å². The van der Waals surface area contributed by atoms with Gasteiger partial charge in [0, 0.05) is 32.9 Å². The van der Waals surface area contributed by atoms with Gasteiger partial charge in [-0.2, -0.15) is 9.97 Å². The Kier molecular flexibility index (Phi) is 6.56. The van der Waals surface area contributed by atoms with E-state index in [0.717, 1.165) is 43.9 Å². The summed E-state index contributed by atoms with van der Waals surface area (Å²) in [5, 5.41) is 7.01. The van der Waals surface area contributed by atoms with Gasteiger partial charge in [0.1, 0.15) is 0 Å². The first-order valence-electron chi connectivity index (χ1n) is 18.5. The van der Waals surface area contributed by atoms with E-state index in [9.17, 15) is 0 Å². The van der Waals surface area contributed by atoms with E-state index in [0.29, 0.717) is 17.6 Å². The van der Waals surface area contributed by atoms with Crippen LogP contribution in [-0.2, 0) is 5.41 Å². The molecule has 0 aliphatic heterocycles. The van der Waals surface area contributed by atoms with E-state index in [4.69, 9.17) is 15.0 Å². The molecular weight excluding hydrogens is 657 g/mol. The van der Waals surface area contributed by atoms with Crippen LogP contribution in [-0.4, -0.2) is 19.5 Å². The minimum absolute atomic E-state index is 0.187. The van der Waals surface area contributed by atoms with Gasteiger partial charge in [-0.1, -0.05) is 166 Å². The van der Waals surface area contributed by atoms with Crippen molar-refractivity contribution in [1.82, 2.24) is 19.5 Å². The molecule has 0 radical (unpaired) electrons. The normalized spacial score (nSPS) is 13.1. The van der Waals surface area contributed by atoms with Crippen LogP contribution < -0.4 is 0 Å². The van der Waals surface area contributed by atoms with E-state index in [1.54, 1.807) is 0 Å². The molecular formula is C50H34N4. The molecule has 0 saturated carbocycles. The number of para-hydroxylation sites is 1. The van der Waals surface area contributed by atoms with Crippen LogP contribution in [0.5, 0.6) is 0 Å². The van der Waals surface area contributed by atoms with Crippen molar-refractivity contribution in [3.05, 3.63) is 181 Å². The Bertz CT molecular complexity index is 3140. The van der Waals surface area contributed by atoms with Gasteiger partial charge >= 0.3 is 0 Å². The van der Waals surface area contributed by atoms with Gasteiger partial charge in [-0.3, -0.25) is 4.57 Å². The molecule has 0 saturated heterocycles. The summed E-state index contributed by atoms with van der Waals surface area (Å²) in [7, 11) is 0. The van der Waals surface area contributed by atoms with E-state index in [1.807, 2.05) is 18.2 Å². The summed E-state index contributed by atoms with van der Waals surface area (Å²) in [6.07, 6.45) is 0. The lowest BCUT2D eigenvalue weighted by atomic mass is 9.78. The zero-order chi connectivity index (χ0) is 36.0. The van der Waals surface area contributed by atoms with Crippen molar-refractivity contribution in [1.29, 1.82) is 0 Å². The minimum atomic E-state index is -0.187. The monoisotopic (exact) mass is 690 g/mol. The molecule has 4 heteroatoms. The van der Waals surface area contributed by atoms with E-state index >= 15 is 0 Å². The van der Waals surface area contributed by atoms with E-state index in [-0.39, 0.29) is 5.41 Å². The largest absolute Gasteiger partial charge is 0.277 e. The Labute approximate surface area is 313 Å². The number of aromatic nitrogens is 4. The van der Waals surface area contributed by atoms with Crippen molar-refractivity contribution in [3.63, 3.8) is 0 Å². The quantitative estimate of drug-likeness (QED) is 0.185. The third-order valence-corrected chi connectivity index (χ3v) is 11.4. The van der Waals surface area contributed by atoms with Crippen molar-refractivity contribution in [2.45, 2.75) is 19.3 Å². The Hall–Kier alpha value is -6.91. The number of fused-ring (bicyclic) bond motifs is 8. The predicted molar refractivity (Wildman–Crippen MR) is 223 cm³/mol. The first kappa shape index (κ1) is 30.7. The van der Waals surface area contributed by atoms with Crippen molar-refractivity contribution >= 4 is 43.4 Å². The molecule has 1 aliphatic carbocycles. The third kappa shape index (κ3) is 4.53. The molecule has 0 fully saturated rings. The molecule has 254 valence electrons. The zero-order valence-corrected chi connectivity index (χ0v) is 30.0. The molecule has 0 N–H and O–H groups in total. The highest BCUT2D eigenvalue weighted by molar-refractivity contribution is 6.17. The average Bonchev–Trinajstić information content (AvgIpc) is 3.68. The summed E-state index contributed by atoms with van der Waals surface area (Å²) in [5.74, 6) is 1.86. The summed E-state index contributed by atoms with van der Waals surface area (Å²) >= 11 is 0. The zero-order valence-electron chi connectivity index (χ0n) is 30.0. The van der Waals surface area contributed by atoms with Crippen LogP contribution in [0.3, 0.4) is 0 Å². The van der Waals surface area contributed by atoms with Gasteiger partial charge in [0.15, 0.2) is 11.6 Å². The molecule has 8 aromatic carbocycles. The van der Waals surface area contributed by atoms with Crippen molar-refractivity contribution in [2.75, 3.05) is 0 Å².